The Kier molecular flexibility index (Phi) is 21.5. The van der Waals surface area contributed by atoms with Gasteiger partial charge in [-0.05, 0) is 34.0 Å². The first-order chi connectivity index (χ1) is 10.0. The molecule has 0 aliphatic heterocycles. The van der Waals surface area contributed by atoms with E-state index in [4.69, 9.17) is 4.74 Å². The molecule has 0 aromatic heterocycles. The molecule has 0 aliphatic carbocycles. The van der Waals surface area contributed by atoms with Gasteiger partial charge in [-0.15, -0.1) is 0 Å². The monoisotopic (exact) mass is 363 g/mol. The predicted octanol–water partition coefficient (Wildman–Crippen LogP) is 4.80. The quantitative estimate of drug-likeness (QED) is 0.216. The number of ether oxygens (including phenoxy) is 1. The van der Waals surface area contributed by atoms with Gasteiger partial charge in [-0.25, -0.2) is 4.79 Å². The Morgan fingerprint density at radius 1 is 0.952 bits per heavy atom. The van der Waals surface area contributed by atoms with Gasteiger partial charge in [0.25, 0.3) is 0 Å². The van der Waals surface area contributed by atoms with E-state index in [-0.39, 0.29) is 5.97 Å². The molecule has 0 aliphatic rings. The van der Waals surface area contributed by atoms with Crippen LogP contribution >= 0.6 is 15.9 Å². The standard InChI is InChI=1S/C14H25BrO2.C3H9N/c1-2-14(16)17-13-11-9-7-5-3-4-6-8-10-12-15;1-4(2)3/h2H,1,3-13H2;1-3H3. The van der Waals surface area contributed by atoms with Crippen molar-refractivity contribution in [2.24, 2.45) is 0 Å². The molecule has 0 unspecified atom stereocenters. The lowest BCUT2D eigenvalue weighted by Crippen LogP contribution is -2.01. The summed E-state index contributed by atoms with van der Waals surface area (Å²) in [5.41, 5.74) is 0. The largest absolute Gasteiger partial charge is 0.463 e. The van der Waals surface area contributed by atoms with Crippen LogP contribution in [0, 0.1) is 0 Å². The number of hydrogen-bond acceptors (Lipinski definition) is 3. The van der Waals surface area contributed by atoms with Crippen LogP contribution in [0.15, 0.2) is 12.7 Å². The molecular weight excluding hydrogens is 330 g/mol. The molecule has 0 aromatic rings. The van der Waals surface area contributed by atoms with Gasteiger partial charge in [0.2, 0.25) is 0 Å². The maximum absolute atomic E-state index is 10.7. The van der Waals surface area contributed by atoms with Crippen molar-refractivity contribution >= 4 is 21.9 Å². The molecule has 0 spiro atoms. The lowest BCUT2D eigenvalue weighted by molar-refractivity contribution is -0.137. The number of esters is 1. The fourth-order valence-corrected chi connectivity index (χ4v) is 2.06. The molecule has 0 saturated heterocycles. The van der Waals surface area contributed by atoms with Gasteiger partial charge >= 0.3 is 5.97 Å². The van der Waals surface area contributed by atoms with Gasteiger partial charge in [0.15, 0.2) is 0 Å². The summed E-state index contributed by atoms with van der Waals surface area (Å²) in [6.07, 6.45) is 12.6. The summed E-state index contributed by atoms with van der Waals surface area (Å²) in [7, 11) is 6.00. The fraction of sp³-hybridized carbons (Fsp3) is 0.824. The zero-order chi connectivity index (χ0) is 16.3. The predicted molar refractivity (Wildman–Crippen MR) is 96.1 cm³/mol. The van der Waals surface area contributed by atoms with Crippen LogP contribution in [-0.2, 0) is 9.53 Å². The van der Waals surface area contributed by atoms with Crippen LogP contribution in [0.4, 0.5) is 0 Å². The zero-order valence-corrected chi connectivity index (χ0v) is 15.8. The Morgan fingerprint density at radius 2 is 1.33 bits per heavy atom. The summed E-state index contributed by atoms with van der Waals surface area (Å²) >= 11 is 3.44. The van der Waals surface area contributed by atoms with Gasteiger partial charge in [-0.1, -0.05) is 67.5 Å². The van der Waals surface area contributed by atoms with Gasteiger partial charge in [0, 0.05) is 11.4 Å². The van der Waals surface area contributed by atoms with Crippen molar-refractivity contribution in [3.8, 4) is 0 Å². The summed E-state index contributed by atoms with van der Waals surface area (Å²) in [5.74, 6) is -0.309. The molecule has 0 rings (SSSR count). The number of alkyl halides is 1. The van der Waals surface area contributed by atoms with Crippen molar-refractivity contribution in [1.82, 2.24) is 4.90 Å². The molecular formula is C17H34BrNO2. The second-order valence-electron chi connectivity index (χ2n) is 5.58. The van der Waals surface area contributed by atoms with Crippen molar-refractivity contribution in [1.29, 1.82) is 0 Å². The van der Waals surface area contributed by atoms with Crippen molar-refractivity contribution in [2.45, 2.75) is 57.8 Å². The fourth-order valence-electron chi connectivity index (χ4n) is 1.67. The van der Waals surface area contributed by atoms with E-state index in [1.807, 2.05) is 26.0 Å². The SMILES string of the molecule is C=CC(=O)OCCCCCCCCCCCBr.CN(C)C. The van der Waals surface area contributed by atoms with Crippen LogP contribution in [-0.4, -0.2) is 43.9 Å². The second-order valence-corrected chi connectivity index (χ2v) is 6.38. The molecule has 126 valence electrons. The molecule has 0 fully saturated rings. The highest BCUT2D eigenvalue weighted by Gasteiger charge is 1.95. The third kappa shape index (κ3) is 28.5. The molecule has 0 aromatic carbocycles. The minimum atomic E-state index is -0.309. The first kappa shape index (κ1) is 22.9. The normalized spacial score (nSPS) is 9.95. The molecule has 0 heterocycles. The third-order valence-corrected chi connectivity index (χ3v) is 3.25. The molecule has 0 N–H and O–H groups in total. The van der Waals surface area contributed by atoms with Crippen LogP contribution in [0.1, 0.15) is 57.8 Å². The van der Waals surface area contributed by atoms with Crippen LogP contribution in [0.25, 0.3) is 0 Å². The summed E-state index contributed by atoms with van der Waals surface area (Å²) in [6.45, 7) is 3.89. The van der Waals surface area contributed by atoms with Gasteiger partial charge in [0.1, 0.15) is 0 Å². The highest BCUT2D eigenvalue weighted by atomic mass is 79.9. The molecule has 4 heteroatoms. The van der Waals surface area contributed by atoms with Crippen LogP contribution < -0.4 is 0 Å². The molecule has 0 amide bonds. The average molecular weight is 364 g/mol. The van der Waals surface area contributed by atoms with Gasteiger partial charge in [-0.2, -0.15) is 0 Å². The molecule has 0 atom stereocenters. The lowest BCUT2D eigenvalue weighted by Gasteiger charge is -2.03. The second kappa shape index (κ2) is 19.7. The Morgan fingerprint density at radius 3 is 1.71 bits per heavy atom. The first-order valence-corrected chi connectivity index (χ1v) is 9.12. The third-order valence-electron chi connectivity index (χ3n) is 2.69. The highest BCUT2D eigenvalue weighted by molar-refractivity contribution is 9.09. The van der Waals surface area contributed by atoms with Gasteiger partial charge in [-0.3, -0.25) is 0 Å². The molecule has 0 saturated carbocycles. The molecule has 3 nitrogen and oxygen atoms in total. The number of nitrogens with zero attached hydrogens (tertiary/aromatic N) is 1. The van der Waals surface area contributed by atoms with E-state index in [0.29, 0.717) is 6.61 Å². The van der Waals surface area contributed by atoms with Crippen LogP contribution in [0.5, 0.6) is 0 Å². The summed E-state index contributed by atoms with van der Waals surface area (Å²) in [4.78, 5) is 12.7. The minimum Gasteiger partial charge on any atom is -0.463 e. The van der Waals surface area contributed by atoms with Crippen molar-refractivity contribution in [2.75, 3.05) is 33.1 Å². The van der Waals surface area contributed by atoms with E-state index in [0.717, 1.165) is 18.2 Å². The Hall–Kier alpha value is -0.350. The first-order valence-electron chi connectivity index (χ1n) is 8.00. The Labute approximate surface area is 140 Å². The summed E-state index contributed by atoms with van der Waals surface area (Å²) in [5, 5.41) is 1.14. The smallest absolute Gasteiger partial charge is 0.330 e. The van der Waals surface area contributed by atoms with Gasteiger partial charge < -0.3 is 9.64 Å². The van der Waals surface area contributed by atoms with E-state index in [1.54, 1.807) is 0 Å². The van der Waals surface area contributed by atoms with Crippen LogP contribution in [0.3, 0.4) is 0 Å². The average Bonchev–Trinajstić information content (AvgIpc) is 2.43. The van der Waals surface area contributed by atoms with Crippen molar-refractivity contribution in [3.05, 3.63) is 12.7 Å². The summed E-state index contributed by atoms with van der Waals surface area (Å²) < 4.78 is 4.90. The number of carbonyl (C=O) groups is 1. The summed E-state index contributed by atoms with van der Waals surface area (Å²) in [6, 6.07) is 0. The van der Waals surface area contributed by atoms with E-state index in [1.165, 1.54) is 51.0 Å². The topological polar surface area (TPSA) is 29.5 Å². The molecule has 0 bridgehead atoms. The zero-order valence-electron chi connectivity index (χ0n) is 14.2. The number of hydrogen-bond donors (Lipinski definition) is 0. The van der Waals surface area contributed by atoms with E-state index in [9.17, 15) is 4.79 Å². The highest BCUT2D eigenvalue weighted by Crippen LogP contribution is 2.10. The number of carbonyl (C=O) groups excluding carboxylic acids is 1. The van der Waals surface area contributed by atoms with E-state index in [2.05, 4.69) is 22.5 Å². The van der Waals surface area contributed by atoms with Gasteiger partial charge in [0.05, 0.1) is 6.61 Å². The number of halogens is 1. The lowest BCUT2D eigenvalue weighted by atomic mass is 10.1. The molecule has 21 heavy (non-hydrogen) atoms. The van der Waals surface area contributed by atoms with Crippen LogP contribution in [0.2, 0.25) is 0 Å². The minimum absolute atomic E-state index is 0.309. The van der Waals surface area contributed by atoms with Crippen molar-refractivity contribution < 1.29 is 9.53 Å². The van der Waals surface area contributed by atoms with E-state index < -0.39 is 0 Å². The Bertz CT molecular complexity index is 230. The maximum Gasteiger partial charge on any atom is 0.330 e. The number of unbranched alkanes of at least 4 members (excludes halogenated alkanes) is 8. The molecule has 0 radical (unpaired) electrons. The Balaban J connectivity index is 0. The van der Waals surface area contributed by atoms with E-state index >= 15 is 0 Å². The maximum atomic E-state index is 10.7. The number of rotatable bonds is 12. The van der Waals surface area contributed by atoms with Crippen molar-refractivity contribution in [3.63, 3.8) is 0 Å².